The van der Waals surface area contributed by atoms with Gasteiger partial charge in [0, 0.05) is 23.1 Å². The fourth-order valence-corrected chi connectivity index (χ4v) is 3.22. The summed E-state index contributed by atoms with van der Waals surface area (Å²) in [5, 5.41) is 1.58. The van der Waals surface area contributed by atoms with Gasteiger partial charge in [0.25, 0.3) is 11.8 Å². The van der Waals surface area contributed by atoms with Crippen molar-refractivity contribution < 1.29 is 23.9 Å². The van der Waals surface area contributed by atoms with E-state index < -0.39 is 23.8 Å². The molecule has 1 aliphatic rings. The Morgan fingerprint density at radius 3 is 2.60 bits per heavy atom. The number of amides is 2. The third kappa shape index (κ3) is 4.80. The molecule has 3 rings (SSSR count). The predicted molar refractivity (Wildman–Crippen MR) is 112 cm³/mol. The van der Waals surface area contributed by atoms with Gasteiger partial charge in [0.05, 0.1) is 13.7 Å². The molecular weight excluding hydrogens is 408 g/mol. The smallest absolute Gasteiger partial charge is 0.331 e. The quantitative estimate of drug-likeness (QED) is 0.714. The third-order valence-electron chi connectivity index (χ3n) is 4.59. The Balaban J connectivity index is 1.88. The first-order valence-corrected chi connectivity index (χ1v) is 9.72. The Morgan fingerprint density at radius 2 is 1.93 bits per heavy atom. The number of hydrogen-bond donors (Lipinski definition) is 1. The van der Waals surface area contributed by atoms with Crippen LogP contribution < -0.4 is 10.2 Å². The number of esters is 1. The van der Waals surface area contributed by atoms with E-state index in [1.807, 2.05) is 0 Å². The number of hydrogen-bond acceptors (Lipinski definition) is 5. The SMILES string of the molecule is CCOC(=O)[C@H]1CC(c2ccc(Cl)cc2)=CC(=O)N1NC(=O)c1cccc(OC)c1. The van der Waals surface area contributed by atoms with Crippen molar-refractivity contribution in [3.63, 3.8) is 0 Å². The summed E-state index contributed by atoms with van der Waals surface area (Å²) in [5.74, 6) is -1.17. The molecule has 0 aromatic heterocycles. The van der Waals surface area contributed by atoms with E-state index in [4.69, 9.17) is 21.1 Å². The van der Waals surface area contributed by atoms with Crippen LogP contribution in [-0.4, -0.2) is 42.6 Å². The van der Waals surface area contributed by atoms with Crippen molar-refractivity contribution in [2.45, 2.75) is 19.4 Å². The van der Waals surface area contributed by atoms with Crippen molar-refractivity contribution in [3.8, 4) is 5.75 Å². The molecule has 0 spiro atoms. The zero-order valence-electron chi connectivity index (χ0n) is 16.6. The van der Waals surface area contributed by atoms with E-state index in [-0.39, 0.29) is 18.6 Å². The first-order valence-electron chi connectivity index (χ1n) is 9.34. The van der Waals surface area contributed by atoms with Gasteiger partial charge in [-0.3, -0.25) is 15.0 Å². The highest BCUT2D eigenvalue weighted by Crippen LogP contribution is 2.28. The number of nitrogens with zero attached hydrogens (tertiary/aromatic N) is 1. The average molecular weight is 429 g/mol. The molecule has 2 amide bonds. The second-order valence-electron chi connectivity index (χ2n) is 6.53. The van der Waals surface area contributed by atoms with Crippen LogP contribution in [0.15, 0.2) is 54.6 Å². The number of ether oxygens (including phenoxy) is 2. The maximum Gasteiger partial charge on any atom is 0.331 e. The number of halogens is 1. The summed E-state index contributed by atoms with van der Waals surface area (Å²) >= 11 is 5.93. The van der Waals surface area contributed by atoms with E-state index in [1.165, 1.54) is 19.3 Å². The second-order valence-corrected chi connectivity index (χ2v) is 6.97. The molecule has 8 heteroatoms. The van der Waals surface area contributed by atoms with Crippen molar-refractivity contribution in [1.29, 1.82) is 0 Å². The van der Waals surface area contributed by atoms with E-state index in [1.54, 1.807) is 49.4 Å². The Morgan fingerprint density at radius 1 is 1.20 bits per heavy atom. The molecule has 0 fully saturated rings. The largest absolute Gasteiger partial charge is 0.497 e. The fourth-order valence-electron chi connectivity index (χ4n) is 3.09. The minimum absolute atomic E-state index is 0.154. The lowest BCUT2D eigenvalue weighted by Gasteiger charge is -2.33. The van der Waals surface area contributed by atoms with Crippen LogP contribution in [0, 0.1) is 0 Å². The van der Waals surface area contributed by atoms with Gasteiger partial charge in [-0.15, -0.1) is 0 Å². The number of rotatable bonds is 6. The van der Waals surface area contributed by atoms with Crippen molar-refractivity contribution >= 4 is 35.0 Å². The highest BCUT2D eigenvalue weighted by atomic mass is 35.5. The predicted octanol–water partition coefficient (Wildman–Crippen LogP) is 3.24. The molecule has 156 valence electrons. The van der Waals surface area contributed by atoms with Crippen LogP contribution in [0.1, 0.15) is 29.3 Å². The number of methoxy groups -OCH3 is 1. The molecule has 1 heterocycles. The van der Waals surface area contributed by atoms with Crippen molar-refractivity contribution in [2.75, 3.05) is 13.7 Å². The van der Waals surface area contributed by atoms with Gasteiger partial charge in [0.2, 0.25) is 0 Å². The third-order valence-corrected chi connectivity index (χ3v) is 4.84. The Labute approximate surface area is 179 Å². The molecule has 0 bridgehead atoms. The number of carbonyl (C=O) groups excluding carboxylic acids is 3. The monoisotopic (exact) mass is 428 g/mol. The van der Waals surface area contributed by atoms with Crippen molar-refractivity contribution in [2.24, 2.45) is 0 Å². The summed E-state index contributed by atoms with van der Waals surface area (Å²) in [6.07, 6.45) is 1.58. The van der Waals surface area contributed by atoms with Gasteiger partial charge >= 0.3 is 5.97 Å². The zero-order valence-corrected chi connectivity index (χ0v) is 17.3. The van der Waals surface area contributed by atoms with Gasteiger partial charge in [0.15, 0.2) is 6.04 Å². The van der Waals surface area contributed by atoms with E-state index >= 15 is 0 Å². The lowest BCUT2D eigenvalue weighted by molar-refractivity contribution is -0.155. The lowest BCUT2D eigenvalue weighted by Crippen LogP contribution is -2.56. The van der Waals surface area contributed by atoms with Crippen molar-refractivity contribution in [1.82, 2.24) is 10.4 Å². The summed E-state index contributed by atoms with van der Waals surface area (Å²) in [6, 6.07) is 12.4. The van der Waals surface area contributed by atoms with E-state index in [0.717, 1.165) is 10.6 Å². The van der Waals surface area contributed by atoms with E-state index in [2.05, 4.69) is 5.43 Å². The summed E-state index contributed by atoms with van der Waals surface area (Å²) < 4.78 is 10.3. The van der Waals surface area contributed by atoms with Crippen LogP contribution in [0.2, 0.25) is 5.02 Å². The van der Waals surface area contributed by atoms with Gasteiger partial charge in [0.1, 0.15) is 5.75 Å². The molecule has 0 saturated carbocycles. The standard InChI is InChI=1S/C22H21ClN2O5/c1-3-30-22(28)19-12-16(14-7-9-17(23)10-8-14)13-20(26)25(19)24-21(27)15-5-4-6-18(11-15)29-2/h4-11,13,19H,3,12H2,1-2H3,(H,24,27)/t19-/m1/s1. The molecule has 1 atom stereocenters. The van der Waals surface area contributed by atoms with Crippen LogP contribution in [0.5, 0.6) is 5.75 Å². The highest BCUT2D eigenvalue weighted by molar-refractivity contribution is 6.30. The molecular formula is C22H21ClN2O5. The van der Waals surface area contributed by atoms with Crippen LogP contribution in [-0.2, 0) is 14.3 Å². The Kier molecular flexibility index (Phi) is 6.74. The first-order chi connectivity index (χ1) is 14.4. The molecule has 0 radical (unpaired) electrons. The van der Waals surface area contributed by atoms with Crippen LogP contribution in [0.4, 0.5) is 0 Å². The van der Waals surface area contributed by atoms with Gasteiger partial charge in [-0.1, -0.05) is 29.8 Å². The van der Waals surface area contributed by atoms with Gasteiger partial charge in [-0.25, -0.2) is 9.80 Å². The maximum atomic E-state index is 12.8. The topological polar surface area (TPSA) is 84.9 Å². The van der Waals surface area contributed by atoms with Gasteiger partial charge in [-0.2, -0.15) is 0 Å². The Hall–Kier alpha value is -3.32. The van der Waals surface area contributed by atoms with E-state index in [9.17, 15) is 14.4 Å². The minimum atomic E-state index is -0.998. The summed E-state index contributed by atoms with van der Waals surface area (Å²) in [7, 11) is 1.49. The molecule has 2 aromatic rings. The van der Waals surface area contributed by atoms with Crippen LogP contribution in [0.3, 0.4) is 0 Å². The normalized spacial score (nSPS) is 16.0. The highest BCUT2D eigenvalue weighted by Gasteiger charge is 2.36. The molecule has 0 unspecified atom stereocenters. The average Bonchev–Trinajstić information content (AvgIpc) is 2.75. The second kappa shape index (κ2) is 9.45. The Bertz CT molecular complexity index is 987. The summed E-state index contributed by atoms with van der Waals surface area (Å²) in [6.45, 7) is 1.83. The zero-order chi connectivity index (χ0) is 21.7. The lowest BCUT2D eigenvalue weighted by atomic mass is 9.94. The number of benzene rings is 2. The van der Waals surface area contributed by atoms with Crippen LogP contribution >= 0.6 is 11.6 Å². The molecule has 0 aliphatic carbocycles. The molecule has 2 aromatic carbocycles. The van der Waals surface area contributed by atoms with Gasteiger partial charge < -0.3 is 9.47 Å². The fraction of sp³-hybridized carbons (Fsp3) is 0.227. The maximum absolute atomic E-state index is 12.8. The molecule has 30 heavy (non-hydrogen) atoms. The van der Waals surface area contributed by atoms with Crippen molar-refractivity contribution in [3.05, 3.63) is 70.8 Å². The van der Waals surface area contributed by atoms with Gasteiger partial charge in [-0.05, 0) is 48.4 Å². The molecule has 7 nitrogen and oxygen atoms in total. The van der Waals surface area contributed by atoms with Crippen LogP contribution in [0.25, 0.3) is 5.57 Å². The summed E-state index contributed by atoms with van der Waals surface area (Å²) in [4.78, 5) is 38.1. The molecule has 0 saturated heterocycles. The molecule has 1 aliphatic heterocycles. The number of carbonyl (C=O) groups is 3. The number of hydrazine groups is 1. The summed E-state index contributed by atoms with van der Waals surface area (Å²) in [5.41, 5.74) is 4.24. The number of nitrogens with one attached hydrogen (secondary N) is 1. The molecule has 1 N–H and O–H groups in total. The van der Waals surface area contributed by atoms with E-state index in [0.29, 0.717) is 16.3 Å². The minimum Gasteiger partial charge on any atom is -0.497 e. The first kappa shape index (κ1) is 21.4.